The van der Waals surface area contributed by atoms with Crippen LogP contribution in [0.4, 0.5) is 0 Å². The van der Waals surface area contributed by atoms with E-state index in [0.29, 0.717) is 12.1 Å². The number of hydrogen-bond donors (Lipinski definition) is 3. The van der Waals surface area contributed by atoms with E-state index in [4.69, 9.17) is 4.74 Å². The quantitative estimate of drug-likeness (QED) is 0.358. The maximum Gasteiger partial charge on any atom is 0.191 e. The second kappa shape index (κ2) is 8.34. The number of aliphatic hydroxyl groups excluding tert-OH is 1. The summed E-state index contributed by atoms with van der Waals surface area (Å²) in [5.74, 6) is 0.903. The Morgan fingerprint density at radius 1 is 1.17 bits per heavy atom. The lowest BCUT2D eigenvalue weighted by Crippen LogP contribution is -2.69. The standard InChI is InChI=1S/C17H33N3O2.HI/c1-6-18-15(19-12-7-9-13(21)10-8-12)20-14-11-17(4,22-5)16(14,2)3;/h12-14,21H,6-11H2,1-5H3,(H2,18,19,20);1H. The smallest absolute Gasteiger partial charge is 0.191 e. The molecule has 0 heterocycles. The Hall–Kier alpha value is -0.0800. The van der Waals surface area contributed by atoms with Crippen LogP contribution in [0.5, 0.6) is 0 Å². The fraction of sp³-hybridized carbons (Fsp3) is 0.941. The average Bonchev–Trinajstić information content (AvgIpc) is 2.49. The summed E-state index contributed by atoms with van der Waals surface area (Å²) in [4.78, 5) is 4.59. The molecule has 2 saturated carbocycles. The maximum atomic E-state index is 9.62. The van der Waals surface area contributed by atoms with Crippen LogP contribution in [0.2, 0.25) is 0 Å². The molecule has 0 aromatic carbocycles. The second-order valence-corrected chi connectivity index (χ2v) is 7.53. The van der Waals surface area contributed by atoms with Crippen LogP contribution in [0, 0.1) is 5.41 Å². The monoisotopic (exact) mass is 439 g/mol. The number of guanidine groups is 1. The molecular weight excluding hydrogens is 405 g/mol. The molecule has 23 heavy (non-hydrogen) atoms. The Bertz CT molecular complexity index is 409. The van der Waals surface area contributed by atoms with E-state index in [1.807, 2.05) is 0 Å². The van der Waals surface area contributed by atoms with E-state index in [1.165, 1.54) is 0 Å². The highest BCUT2D eigenvalue weighted by atomic mass is 127. The van der Waals surface area contributed by atoms with Crippen LogP contribution in [0.3, 0.4) is 0 Å². The molecule has 0 amide bonds. The Kier molecular flexibility index (Phi) is 7.60. The Morgan fingerprint density at radius 3 is 2.26 bits per heavy atom. The number of nitrogens with one attached hydrogen (secondary N) is 2. The number of rotatable bonds is 4. The fourth-order valence-corrected chi connectivity index (χ4v) is 3.59. The van der Waals surface area contributed by atoms with Crippen LogP contribution in [-0.2, 0) is 4.74 Å². The number of methoxy groups -OCH3 is 1. The van der Waals surface area contributed by atoms with Gasteiger partial charge in [-0.3, -0.25) is 4.99 Å². The van der Waals surface area contributed by atoms with Crippen molar-refractivity contribution in [3.63, 3.8) is 0 Å². The third kappa shape index (κ3) is 4.51. The van der Waals surface area contributed by atoms with Gasteiger partial charge >= 0.3 is 0 Å². The molecule has 0 spiro atoms. The highest BCUT2D eigenvalue weighted by Crippen LogP contribution is 2.51. The molecule has 5 nitrogen and oxygen atoms in total. The lowest BCUT2D eigenvalue weighted by molar-refractivity contribution is -0.176. The third-order valence-corrected chi connectivity index (χ3v) is 5.94. The summed E-state index contributed by atoms with van der Waals surface area (Å²) in [6.07, 6.45) is 4.65. The summed E-state index contributed by atoms with van der Waals surface area (Å²) in [7, 11) is 1.80. The second-order valence-electron chi connectivity index (χ2n) is 7.53. The highest BCUT2D eigenvalue weighted by Gasteiger charge is 2.58. The number of aliphatic hydroxyl groups is 1. The Labute approximate surface area is 158 Å². The number of ether oxygens (including phenoxy) is 1. The first-order valence-electron chi connectivity index (χ1n) is 8.63. The molecule has 2 aliphatic carbocycles. The SMILES string of the molecule is CCN=C(NC1CCC(O)CC1)NC1CC(C)(OC)C1(C)C.I. The first-order chi connectivity index (χ1) is 10.3. The van der Waals surface area contributed by atoms with Crippen molar-refractivity contribution in [3.8, 4) is 0 Å². The van der Waals surface area contributed by atoms with Gasteiger partial charge in [-0.1, -0.05) is 13.8 Å². The molecule has 2 rings (SSSR count). The van der Waals surface area contributed by atoms with E-state index >= 15 is 0 Å². The molecule has 6 heteroatoms. The van der Waals surface area contributed by atoms with E-state index in [9.17, 15) is 5.11 Å². The minimum absolute atomic E-state index is 0. The van der Waals surface area contributed by atoms with Crippen LogP contribution in [0.1, 0.15) is 59.8 Å². The van der Waals surface area contributed by atoms with Gasteiger partial charge in [0.25, 0.3) is 0 Å². The fourth-order valence-electron chi connectivity index (χ4n) is 3.59. The van der Waals surface area contributed by atoms with Gasteiger partial charge in [0.2, 0.25) is 0 Å². The van der Waals surface area contributed by atoms with E-state index in [0.717, 1.165) is 44.6 Å². The largest absolute Gasteiger partial charge is 0.393 e. The zero-order valence-electron chi connectivity index (χ0n) is 15.2. The van der Waals surface area contributed by atoms with Gasteiger partial charge in [-0.2, -0.15) is 0 Å². The van der Waals surface area contributed by atoms with Crippen molar-refractivity contribution in [2.45, 2.75) is 83.6 Å². The third-order valence-electron chi connectivity index (χ3n) is 5.94. The molecule has 0 radical (unpaired) electrons. The normalized spacial score (nSPS) is 36.6. The summed E-state index contributed by atoms with van der Waals surface area (Å²) in [6, 6.07) is 0.780. The van der Waals surface area contributed by atoms with Crippen molar-refractivity contribution in [1.82, 2.24) is 10.6 Å². The zero-order valence-corrected chi connectivity index (χ0v) is 17.5. The summed E-state index contributed by atoms with van der Waals surface area (Å²) >= 11 is 0. The zero-order chi connectivity index (χ0) is 16.4. The van der Waals surface area contributed by atoms with E-state index in [1.54, 1.807) is 7.11 Å². The van der Waals surface area contributed by atoms with Crippen LogP contribution >= 0.6 is 24.0 Å². The van der Waals surface area contributed by atoms with E-state index < -0.39 is 0 Å². The van der Waals surface area contributed by atoms with Gasteiger partial charge in [-0.15, -0.1) is 24.0 Å². The van der Waals surface area contributed by atoms with Gasteiger partial charge in [-0.05, 0) is 46.0 Å². The van der Waals surface area contributed by atoms with Gasteiger partial charge in [0.15, 0.2) is 5.96 Å². The lowest BCUT2D eigenvalue weighted by atomic mass is 9.56. The Balaban J connectivity index is 0.00000264. The Morgan fingerprint density at radius 2 is 1.78 bits per heavy atom. The number of nitrogens with zero attached hydrogens (tertiary/aromatic N) is 1. The van der Waals surface area contributed by atoms with Crippen LogP contribution in [0.25, 0.3) is 0 Å². The van der Waals surface area contributed by atoms with Crippen molar-refractivity contribution in [2.75, 3.05) is 13.7 Å². The summed E-state index contributed by atoms with van der Waals surface area (Å²) < 4.78 is 5.69. The minimum atomic E-state index is -0.120. The topological polar surface area (TPSA) is 65.9 Å². The average molecular weight is 439 g/mol. The molecule has 0 bridgehead atoms. The van der Waals surface area contributed by atoms with Crippen LogP contribution in [-0.4, -0.2) is 48.5 Å². The first-order valence-corrected chi connectivity index (χ1v) is 8.63. The van der Waals surface area contributed by atoms with Crippen molar-refractivity contribution in [2.24, 2.45) is 10.4 Å². The maximum absolute atomic E-state index is 9.62. The number of aliphatic imine (C=N–C) groups is 1. The lowest BCUT2D eigenvalue weighted by Gasteiger charge is -2.59. The van der Waals surface area contributed by atoms with Crippen molar-refractivity contribution >= 4 is 29.9 Å². The molecule has 0 aliphatic heterocycles. The van der Waals surface area contributed by atoms with E-state index in [2.05, 4.69) is 43.3 Å². The molecule has 2 fully saturated rings. The predicted molar refractivity (Wildman–Crippen MR) is 106 cm³/mol. The van der Waals surface area contributed by atoms with Gasteiger partial charge < -0.3 is 20.5 Å². The molecule has 0 aromatic rings. The van der Waals surface area contributed by atoms with Gasteiger partial charge in [0, 0.05) is 31.2 Å². The highest BCUT2D eigenvalue weighted by molar-refractivity contribution is 14.0. The predicted octanol–water partition coefficient (Wildman–Crippen LogP) is 2.67. The minimum Gasteiger partial charge on any atom is -0.393 e. The van der Waals surface area contributed by atoms with E-state index in [-0.39, 0.29) is 41.1 Å². The molecular formula is C17H34IN3O2. The summed E-state index contributed by atoms with van der Waals surface area (Å²) in [6.45, 7) is 9.49. The molecule has 136 valence electrons. The van der Waals surface area contributed by atoms with Gasteiger partial charge in [-0.25, -0.2) is 0 Å². The molecule has 2 unspecified atom stereocenters. The van der Waals surface area contributed by atoms with Crippen molar-refractivity contribution in [3.05, 3.63) is 0 Å². The number of hydrogen-bond acceptors (Lipinski definition) is 3. The summed E-state index contributed by atoms with van der Waals surface area (Å²) in [5.41, 5.74) is -0.00234. The van der Waals surface area contributed by atoms with Crippen molar-refractivity contribution in [1.29, 1.82) is 0 Å². The van der Waals surface area contributed by atoms with Crippen LogP contribution in [0.15, 0.2) is 4.99 Å². The van der Waals surface area contributed by atoms with Gasteiger partial charge in [0.1, 0.15) is 0 Å². The molecule has 2 aliphatic rings. The number of halogens is 1. The molecule has 0 aromatic heterocycles. The molecule has 3 N–H and O–H groups in total. The molecule has 2 atom stereocenters. The van der Waals surface area contributed by atoms with Crippen LogP contribution < -0.4 is 10.6 Å². The first kappa shape index (κ1) is 21.0. The summed E-state index contributed by atoms with van der Waals surface area (Å²) in [5, 5.41) is 16.8. The molecule has 0 saturated heterocycles. The van der Waals surface area contributed by atoms with Gasteiger partial charge in [0.05, 0.1) is 11.7 Å². The van der Waals surface area contributed by atoms with Crippen molar-refractivity contribution < 1.29 is 9.84 Å².